The van der Waals surface area contributed by atoms with Crippen LogP contribution in [0.5, 0.6) is 5.75 Å². The second-order valence-electron chi connectivity index (χ2n) is 4.92. The fourth-order valence-electron chi connectivity index (χ4n) is 2.10. The Labute approximate surface area is 108 Å². The maximum Gasteiger partial charge on any atom is 0.129 e. The van der Waals surface area contributed by atoms with E-state index >= 15 is 0 Å². The fourth-order valence-corrected chi connectivity index (χ4v) is 3.06. The summed E-state index contributed by atoms with van der Waals surface area (Å²) in [6.45, 7) is 3.33. The molecule has 0 saturated heterocycles. The Balaban J connectivity index is 1.91. The molecular formula is C14H23NOS. The van der Waals surface area contributed by atoms with E-state index in [1.807, 2.05) is 11.3 Å². The van der Waals surface area contributed by atoms with Gasteiger partial charge < -0.3 is 10.1 Å². The minimum Gasteiger partial charge on any atom is -0.496 e. The topological polar surface area (TPSA) is 21.3 Å². The lowest BCUT2D eigenvalue weighted by molar-refractivity contribution is 0.415. The van der Waals surface area contributed by atoms with Crippen LogP contribution in [-0.4, -0.2) is 13.7 Å². The molecule has 1 N–H and O–H groups in total. The molecule has 96 valence electrons. The number of nitrogens with one attached hydrogen (secondary N) is 1. The molecule has 0 spiro atoms. The van der Waals surface area contributed by atoms with Gasteiger partial charge in [0.2, 0.25) is 0 Å². The first kappa shape index (κ1) is 12.9. The van der Waals surface area contributed by atoms with Crippen molar-refractivity contribution in [2.45, 2.75) is 45.1 Å². The van der Waals surface area contributed by atoms with Gasteiger partial charge in [-0.25, -0.2) is 0 Å². The van der Waals surface area contributed by atoms with Gasteiger partial charge in [-0.3, -0.25) is 0 Å². The number of ether oxygens (including phenoxy) is 1. The van der Waals surface area contributed by atoms with E-state index in [0.29, 0.717) is 6.04 Å². The highest BCUT2D eigenvalue weighted by atomic mass is 32.1. The third-order valence-electron chi connectivity index (χ3n) is 3.38. The zero-order valence-corrected chi connectivity index (χ0v) is 11.7. The van der Waals surface area contributed by atoms with Gasteiger partial charge >= 0.3 is 0 Å². The molecule has 0 radical (unpaired) electrons. The highest BCUT2D eigenvalue weighted by Gasteiger charge is 2.23. The zero-order valence-electron chi connectivity index (χ0n) is 10.9. The number of thiophene rings is 1. The third kappa shape index (κ3) is 4.00. The van der Waals surface area contributed by atoms with E-state index in [4.69, 9.17) is 4.74 Å². The Morgan fingerprint density at radius 3 is 2.94 bits per heavy atom. The summed E-state index contributed by atoms with van der Waals surface area (Å²) in [6.07, 6.45) is 6.75. The Morgan fingerprint density at radius 1 is 1.53 bits per heavy atom. The van der Waals surface area contributed by atoms with E-state index in [2.05, 4.69) is 23.7 Å². The molecule has 1 aliphatic rings. The van der Waals surface area contributed by atoms with Crippen LogP contribution in [0, 0.1) is 5.92 Å². The molecule has 1 aromatic rings. The normalized spacial score (nSPS) is 17.1. The van der Waals surface area contributed by atoms with Crippen molar-refractivity contribution < 1.29 is 4.74 Å². The van der Waals surface area contributed by atoms with E-state index in [-0.39, 0.29) is 0 Å². The van der Waals surface area contributed by atoms with Crippen LogP contribution < -0.4 is 10.1 Å². The molecule has 1 fully saturated rings. The van der Waals surface area contributed by atoms with Gasteiger partial charge in [-0.05, 0) is 37.8 Å². The Kier molecular flexibility index (Phi) is 4.86. The van der Waals surface area contributed by atoms with Crippen molar-refractivity contribution in [3.8, 4) is 5.75 Å². The van der Waals surface area contributed by atoms with Crippen LogP contribution in [0.25, 0.3) is 0 Å². The summed E-state index contributed by atoms with van der Waals surface area (Å²) in [4.78, 5) is 1.43. The minimum atomic E-state index is 0.532. The van der Waals surface area contributed by atoms with Crippen LogP contribution in [0.3, 0.4) is 0 Å². The summed E-state index contributed by atoms with van der Waals surface area (Å²) >= 11 is 1.82. The second kappa shape index (κ2) is 6.41. The van der Waals surface area contributed by atoms with Gasteiger partial charge in [-0.2, -0.15) is 0 Å². The third-order valence-corrected chi connectivity index (χ3v) is 4.40. The Bertz CT molecular complexity index is 333. The maximum atomic E-state index is 5.27. The van der Waals surface area contributed by atoms with Gasteiger partial charge in [0.1, 0.15) is 5.75 Å². The highest BCUT2D eigenvalue weighted by molar-refractivity contribution is 7.10. The molecule has 1 aromatic heterocycles. The lowest BCUT2D eigenvalue weighted by atomic mass is 10.1. The average molecular weight is 253 g/mol. The van der Waals surface area contributed by atoms with E-state index in [1.54, 1.807) is 7.11 Å². The van der Waals surface area contributed by atoms with Crippen LogP contribution in [0.4, 0.5) is 0 Å². The van der Waals surface area contributed by atoms with E-state index < -0.39 is 0 Å². The lowest BCUT2D eigenvalue weighted by Crippen LogP contribution is -2.21. The zero-order chi connectivity index (χ0) is 12.1. The van der Waals surface area contributed by atoms with Crippen LogP contribution in [0.1, 0.15) is 49.9 Å². The molecule has 1 aliphatic carbocycles. The molecule has 0 aliphatic heterocycles. The van der Waals surface area contributed by atoms with Gasteiger partial charge in [0.15, 0.2) is 0 Å². The van der Waals surface area contributed by atoms with Crippen molar-refractivity contribution in [1.29, 1.82) is 0 Å². The molecular weight excluding hydrogens is 230 g/mol. The van der Waals surface area contributed by atoms with Crippen molar-refractivity contribution in [2.24, 2.45) is 5.92 Å². The fraction of sp³-hybridized carbons (Fsp3) is 0.714. The molecule has 1 saturated carbocycles. The van der Waals surface area contributed by atoms with Crippen molar-refractivity contribution >= 4 is 11.3 Å². The summed E-state index contributed by atoms with van der Waals surface area (Å²) in [5.74, 6) is 2.02. The summed E-state index contributed by atoms with van der Waals surface area (Å²) in [7, 11) is 1.74. The largest absolute Gasteiger partial charge is 0.496 e. The Morgan fingerprint density at radius 2 is 2.35 bits per heavy atom. The monoisotopic (exact) mass is 253 g/mol. The summed E-state index contributed by atoms with van der Waals surface area (Å²) < 4.78 is 5.27. The quantitative estimate of drug-likeness (QED) is 0.756. The molecule has 2 nitrogen and oxygen atoms in total. The molecule has 0 bridgehead atoms. The standard InChI is InChI=1S/C14H23NOS/c1-3-8-15-13(7-6-11-4-5-11)14-9-12(16-2)10-17-14/h9-11,13,15H,3-8H2,1-2H3. The van der Waals surface area contributed by atoms with E-state index in [9.17, 15) is 0 Å². The van der Waals surface area contributed by atoms with Gasteiger partial charge in [0.05, 0.1) is 7.11 Å². The van der Waals surface area contributed by atoms with E-state index in [0.717, 1.165) is 18.2 Å². The van der Waals surface area contributed by atoms with Crippen molar-refractivity contribution in [2.75, 3.05) is 13.7 Å². The van der Waals surface area contributed by atoms with Gasteiger partial charge in [0, 0.05) is 16.3 Å². The first-order valence-corrected chi connectivity index (χ1v) is 7.57. The first-order chi connectivity index (χ1) is 8.33. The number of hydrogen-bond acceptors (Lipinski definition) is 3. The molecule has 1 heterocycles. The smallest absolute Gasteiger partial charge is 0.129 e. The van der Waals surface area contributed by atoms with Gasteiger partial charge in [-0.15, -0.1) is 11.3 Å². The van der Waals surface area contributed by atoms with Crippen LogP contribution >= 0.6 is 11.3 Å². The molecule has 0 amide bonds. The van der Waals surface area contributed by atoms with Crippen LogP contribution in [0.15, 0.2) is 11.4 Å². The lowest BCUT2D eigenvalue weighted by Gasteiger charge is -2.16. The summed E-state index contributed by atoms with van der Waals surface area (Å²) in [5.41, 5.74) is 0. The highest BCUT2D eigenvalue weighted by Crippen LogP contribution is 2.37. The SMILES string of the molecule is CCCNC(CCC1CC1)c1cc(OC)cs1. The minimum absolute atomic E-state index is 0.532. The maximum absolute atomic E-state index is 5.27. The van der Waals surface area contributed by atoms with Crippen LogP contribution in [0.2, 0.25) is 0 Å². The molecule has 1 unspecified atom stereocenters. The summed E-state index contributed by atoms with van der Waals surface area (Å²) in [6, 6.07) is 2.72. The Hall–Kier alpha value is -0.540. The van der Waals surface area contributed by atoms with Gasteiger partial charge in [-0.1, -0.05) is 19.8 Å². The molecule has 1 atom stereocenters. The average Bonchev–Trinajstić information content (AvgIpc) is 3.05. The number of hydrogen-bond donors (Lipinski definition) is 1. The van der Waals surface area contributed by atoms with Crippen molar-refractivity contribution in [1.82, 2.24) is 5.32 Å². The predicted octanol–water partition coefficient (Wildman–Crippen LogP) is 3.99. The van der Waals surface area contributed by atoms with Crippen molar-refractivity contribution in [3.05, 3.63) is 16.3 Å². The van der Waals surface area contributed by atoms with Gasteiger partial charge in [0.25, 0.3) is 0 Å². The van der Waals surface area contributed by atoms with Crippen molar-refractivity contribution in [3.63, 3.8) is 0 Å². The van der Waals surface area contributed by atoms with E-state index in [1.165, 1.54) is 37.0 Å². The molecule has 3 heteroatoms. The first-order valence-electron chi connectivity index (χ1n) is 6.69. The predicted molar refractivity (Wildman–Crippen MR) is 73.9 cm³/mol. The molecule has 0 aromatic carbocycles. The number of methoxy groups -OCH3 is 1. The van der Waals surface area contributed by atoms with Crippen LogP contribution in [-0.2, 0) is 0 Å². The second-order valence-corrected chi connectivity index (χ2v) is 5.86. The number of rotatable bonds is 8. The molecule has 2 rings (SSSR count). The molecule has 17 heavy (non-hydrogen) atoms. The summed E-state index contributed by atoms with van der Waals surface area (Å²) in [5, 5.41) is 5.77.